The minimum atomic E-state index is -1.38. The number of hydrogen-bond acceptors (Lipinski definition) is 4. The molecule has 0 bridgehead atoms. The summed E-state index contributed by atoms with van der Waals surface area (Å²) in [6.07, 6.45) is -1.35. The van der Waals surface area contributed by atoms with Gasteiger partial charge in [-0.2, -0.15) is 0 Å². The van der Waals surface area contributed by atoms with Gasteiger partial charge in [-0.1, -0.05) is 12.1 Å². The van der Waals surface area contributed by atoms with Crippen LogP contribution >= 0.6 is 0 Å². The molecule has 2 rings (SSSR count). The average Bonchev–Trinajstić information content (AvgIpc) is 2.54. The predicted molar refractivity (Wildman–Crippen MR) is 99.9 cm³/mol. The standard InChI is InChI=1S/C20H23NO6/c1-10-7-15(8-11(2)17(10)22)27-18-12(3)5-14(6-13(18)4)9-16(19(23)24)21-20(25)26/h5-8,16,21-22H,9H2,1-4H3,(H,23,24)(H,25,26). The second-order valence-electron chi connectivity index (χ2n) is 6.61. The lowest BCUT2D eigenvalue weighted by Gasteiger charge is -2.17. The van der Waals surface area contributed by atoms with Crippen molar-refractivity contribution >= 4 is 12.1 Å². The minimum Gasteiger partial charge on any atom is -0.507 e. The van der Waals surface area contributed by atoms with Gasteiger partial charge in [-0.15, -0.1) is 0 Å². The molecule has 0 aliphatic carbocycles. The molecule has 2 aromatic rings. The van der Waals surface area contributed by atoms with Gasteiger partial charge < -0.3 is 25.4 Å². The summed E-state index contributed by atoms with van der Waals surface area (Å²) in [5, 5.41) is 29.8. The third kappa shape index (κ3) is 4.91. The van der Waals surface area contributed by atoms with Gasteiger partial charge in [-0.05, 0) is 67.6 Å². The fourth-order valence-corrected chi connectivity index (χ4v) is 3.00. The third-order valence-corrected chi connectivity index (χ3v) is 4.24. The Hall–Kier alpha value is -3.22. The Morgan fingerprint density at radius 1 is 0.963 bits per heavy atom. The maximum atomic E-state index is 11.2. The van der Waals surface area contributed by atoms with Crippen molar-refractivity contribution in [2.45, 2.75) is 40.2 Å². The van der Waals surface area contributed by atoms with E-state index in [-0.39, 0.29) is 12.2 Å². The lowest BCUT2D eigenvalue weighted by molar-refractivity contribution is -0.139. The van der Waals surface area contributed by atoms with Crippen LogP contribution in [0.3, 0.4) is 0 Å². The number of aryl methyl sites for hydroxylation is 4. The fraction of sp³-hybridized carbons (Fsp3) is 0.300. The molecule has 0 heterocycles. The highest BCUT2D eigenvalue weighted by atomic mass is 16.5. The molecule has 4 N–H and O–H groups in total. The lowest BCUT2D eigenvalue weighted by atomic mass is 10.00. The van der Waals surface area contributed by atoms with Crippen molar-refractivity contribution in [2.75, 3.05) is 0 Å². The molecule has 144 valence electrons. The molecule has 0 aliphatic heterocycles. The first-order valence-electron chi connectivity index (χ1n) is 8.39. The molecule has 27 heavy (non-hydrogen) atoms. The van der Waals surface area contributed by atoms with Crippen molar-refractivity contribution in [3.05, 3.63) is 52.1 Å². The third-order valence-electron chi connectivity index (χ3n) is 4.24. The SMILES string of the molecule is Cc1cc(Oc2c(C)cc(CC(NC(=O)O)C(=O)O)cc2C)cc(C)c1O. The molecular formula is C20H23NO6. The molecule has 1 amide bonds. The highest BCUT2D eigenvalue weighted by molar-refractivity contribution is 5.79. The van der Waals surface area contributed by atoms with Crippen LogP contribution in [0.2, 0.25) is 0 Å². The first kappa shape index (κ1) is 20.1. The van der Waals surface area contributed by atoms with Crippen LogP contribution in [0.25, 0.3) is 0 Å². The van der Waals surface area contributed by atoms with Gasteiger partial charge in [0.15, 0.2) is 0 Å². The maximum Gasteiger partial charge on any atom is 0.405 e. The zero-order chi connectivity index (χ0) is 20.3. The Morgan fingerprint density at radius 2 is 1.48 bits per heavy atom. The molecule has 0 saturated heterocycles. The highest BCUT2D eigenvalue weighted by Gasteiger charge is 2.21. The Kier molecular flexibility index (Phi) is 5.95. The number of nitrogens with one attached hydrogen (secondary N) is 1. The van der Waals surface area contributed by atoms with E-state index in [0.717, 1.165) is 11.1 Å². The van der Waals surface area contributed by atoms with Gasteiger partial charge in [0.05, 0.1) is 0 Å². The Morgan fingerprint density at radius 3 is 1.93 bits per heavy atom. The monoisotopic (exact) mass is 373 g/mol. The van der Waals surface area contributed by atoms with Gasteiger partial charge >= 0.3 is 12.1 Å². The number of benzene rings is 2. The summed E-state index contributed by atoms with van der Waals surface area (Å²) >= 11 is 0. The molecule has 0 radical (unpaired) electrons. The number of hydrogen-bond donors (Lipinski definition) is 4. The smallest absolute Gasteiger partial charge is 0.405 e. The summed E-state index contributed by atoms with van der Waals surface area (Å²) < 4.78 is 5.99. The zero-order valence-corrected chi connectivity index (χ0v) is 15.7. The summed E-state index contributed by atoms with van der Waals surface area (Å²) in [7, 11) is 0. The van der Waals surface area contributed by atoms with Crippen molar-refractivity contribution < 1.29 is 29.6 Å². The van der Waals surface area contributed by atoms with Crippen molar-refractivity contribution in [1.82, 2.24) is 5.32 Å². The summed E-state index contributed by atoms with van der Waals surface area (Å²) in [4.78, 5) is 22.0. The molecule has 1 atom stereocenters. The second kappa shape index (κ2) is 7.99. The predicted octanol–water partition coefficient (Wildman–Crippen LogP) is 3.68. The van der Waals surface area contributed by atoms with Gasteiger partial charge in [-0.25, -0.2) is 9.59 Å². The topological polar surface area (TPSA) is 116 Å². The van der Waals surface area contributed by atoms with E-state index in [1.54, 1.807) is 38.1 Å². The largest absolute Gasteiger partial charge is 0.507 e. The van der Waals surface area contributed by atoms with E-state index in [2.05, 4.69) is 0 Å². The first-order valence-corrected chi connectivity index (χ1v) is 8.39. The van der Waals surface area contributed by atoms with Crippen LogP contribution in [0, 0.1) is 27.7 Å². The summed E-state index contributed by atoms with van der Waals surface area (Å²) in [5.74, 6) is 0.235. The van der Waals surface area contributed by atoms with E-state index in [0.29, 0.717) is 28.2 Å². The summed E-state index contributed by atoms with van der Waals surface area (Å²) in [6.45, 7) is 7.26. The Bertz CT molecular complexity index is 844. The number of rotatable bonds is 6. The number of ether oxygens (including phenoxy) is 1. The van der Waals surface area contributed by atoms with Crippen LogP contribution in [0.1, 0.15) is 27.8 Å². The number of aromatic hydroxyl groups is 1. The molecule has 0 aliphatic rings. The van der Waals surface area contributed by atoms with Crippen LogP contribution < -0.4 is 10.1 Å². The lowest BCUT2D eigenvalue weighted by Crippen LogP contribution is -2.41. The molecule has 0 saturated carbocycles. The van der Waals surface area contributed by atoms with Gasteiger partial charge in [-0.3, -0.25) is 0 Å². The molecule has 7 heteroatoms. The number of carbonyl (C=O) groups is 2. The summed E-state index contributed by atoms with van der Waals surface area (Å²) in [5.41, 5.74) is 3.71. The number of carboxylic acids is 1. The van der Waals surface area contributed by atoms with E-state index < -0.39 is 18.1 Å². The minimum absolute atomic E-state index is 0.0288. The van der Waals surface area contributed by atoms with Gasteiger partial charge in [0.2, 0.25) is 0 Å². The number of carboxylic acid groups (broad SMARTS) is 2. The quantitative estimate of drug-likeness (QED) is 0.614. The highest BCUT2D eigenvalue weighted by Crippen LogP contribution is 2.34. The maximum absolute atomic E-state index is 11.2. The number of aliphatic carboxylic acids is 1. The van der Waals surface area contributed by atoms with Crippen LogP contribution in [0.4, 0.5) is 4.79 Å². The van der Waals surface area contributed by atoms with Crippen LogP contribution in [0.5, 0.6) is 17.2 Å². The van der Waals surface area contributed by atoms with Gasteiger partial charge in [0.1, 0.15) is 23.3 Å². The zero-order valence-electron chi connectivity index (χ0n) is 15.7. The molecule has 0 spiro atoms. The Labute approximate surface area is 157 Å². The molecule has 7 nitrogen and oxygen atoms in total. The second-order valence-corrected chi connectivity index (χ2v) is 6.61. The average molecular weight is 373 g/mol. The van der Waals surface area contributed by atoms with E-state index >= 15 is 0 Å². The van der Waals surface area contributed by atoms with Gasteiger partial charge in [0, 0.05) is 6.42 Å². The first-order chi connectivity index (χ1) is 12.6. The van der Waals surface area contributed by atoms with E-state index in [1.807, 2.05) is 19.2 Å². The molecule has 0 fully saturated rings. The van der Waals surface area contributed by atoms with E-state index in [9.17, 15) is 19.8 Å². The van der Waals surface area contributed by atoms with E-state index in [1.165, 1.54) is 0 Å². The van der Waals surface area contributed by atoms with Crippen molar-refractivity contribution in [2.24, 2.45) is 0 Å². The van der Waals surface area contributed by atoms with Crippen LogP contribution in [-0.4, -0.2) is 33.4 Å². The van der Waals surface area contributed by atoms with Crippen molar-refractivity contribution in [3.63, 3.8) is 0 Å². The van der Waals surface area contributed by atoms with Crippen molar-refractivity contribution in [3.8, 4) is 17.2 Å². The summed E-state index contributed by atoms with van der Waals surface area (Å²) in [6, 6.07) is 5.82. The Balaban J connectivity index is 2.29. The number of phenolic OH excluding ortho intramolecular Hbond substituents is 1. The normalized spacial score (nSPS) is 11.7. The molecule has 1 unspecified atom stereocenters. The fourth-order valence-electron chi connectivity index (χ4n) is 3.00. The molecule has 0 aromatic heterocycles. The van der Waals surface area contributed by atoms with Crippen LogP contribution in [-0.2, 0) is 11.2 Å². The van der Waals surface area contributed by atoms with E-state index in [4.69, 9.17) is 9.84 Å². The van der Waals surface area contributed by atoms with Crippen LogP contribution in [0.15, 0.2) is 24.3 Å². The molecular weight excluding hydrogens is 350 g/mol. The van der Waals surface area contributed by atoms with Gasteiger partial charge in [0.25, 0.3) is 0 Å². The number of phenols is 1. The number of amides is 1. The molecule has 2 aromatic carbocycles. The van der Waals surface area contributed by atoms with Crippen molar-refractivity contribution in [1.29, 1.82) is 0 Å².